The fourth-order valence-electron chi connectivity index (χ4n) is 4.12. The SMILES string of the molecule is CO[C@@H]1CC[C@@H]2C[C@H]1N2C(=O)Nc1ccc(C)c(-c2cncc(F)c2)c1. The largest absolute Gasteiger partial charge is 0.379 e. The van der Waals surface area contributed by atoms with Gasteiger partial charge in [-0.15, -0.1) is 0 Å². The number of carbonyl (C=O) groups excluding carboxylic acids is 1. The van der Waals surface area contributed by atoms with Gasteiger partial charge in [0.15, 0.2) is 0 Å². The van der Waals surface area contributed by atoms with Crippen LogP contribution >= 0.6 is 0 Å². The smallest absolute Gasteiger partial charge is 0.322 e. The number of nitrogens with zero attached hydrogens (tertiary/aromatic N) is 2. The van der Waals surface area contributed by atoms with Crippen LogP contribution in [0.1, 0.15) is 24.8 Å². The monoisotopic (exact) mass is 355 g/mol. The number of pyridine rings is 1. The van der Waals surface area contributed by atoms with E-state index in [2.05, 4.69) is 10.3 Å². The summed E-state index contributed by atoms with van der Waals surface area (Å²) in [6.07, 6.45) is 5.94. The second-order valence-electron chi connectivity index (χ2n) is 7.07. The Hall–Kier alpha value is -2.47. The highest BCUT2D eigenvalue weighted by Crippen LogP contribution is 2.40. The molecule has 3 aliphatic rings. The number of halogens is 1. The molecule has 3 heterocycles. The Morgan fingerprint density at radius 3 is 2.88 bits per heavy atom. The summed E-state index contributed by atoms with van der Waals surface area (Å²) in [5, 5.41) is 2.99. The molecule has 2 aliphatic heterocycles. The summed E-state index contributed by atoms with van der Waals surface area (Å²) < 4.78 is 19.0. The van der Waals surface area contributed by atoms with Crippen LogP contribution in [0.4, 0.5) is 14.9 Å². The van der Waals surface area contributed by atoms with Gasteiger partial charge in [0.25, 0.3) is 0 Å². The average molecular weight is 355 g/mol. The summed E-state index contributed by atoms with van der Waals surface area (Å²) >= 11 is 0. The number of hydrogen-bond acceptors (Lipinski definition) is 3. The van der Waals surface area contributed by atoms with Gasteiger partial charge in [-0.1, -0.05) is 6.07 Å². The zero-order valence-corrected chi connectivity index (χ0v) is 14.9. The average Bonchev–Trinajstić information content (AvgIpc) is 2.63. The molecular weight excluding hydrogens is 333 g/mol. The molecule has 0 spiro atoms. The molecule has 26 heavy (non-hydrogen) atoms. The van der Waals surface area contributed by atoms with Crippen LogP contribution in [0, 0.1) is 12.7 Å². The number of carbonyl (C=O) groups is 1. The Morgan fingerprint density at radius 2 is 2.15 bits per heavy atom. The van der Waals surface area contributed by atoms with E-state index in [4.69, 9.17) is 4.74 Å². The number of urea groups is 1. The third-order valence-corrected chi connectivity index (χ3v) is 5.52. The van der Waals surface area contributed by atoms with Gasteiger partial charge in [0.05, 0.1) is 18.3 Å². The van der Waals surface area contributed by atoms with Crippen molar-refractivity contribution in [2.24, 2.45) is 0 Å². The molecule has 0 radical (unpaired) electrons. The Kier molecular flexibility index (Phi) is 4.36. The van der Waals surface area contributed by atoms with Crippen LogP contribution in [0.5, 0.6) is 0 Å². The number of fused-ring (bicyclic) bond motifs is 2. The molecule has 1 aromatic carbocycles. The molecule has 1 N–H and O–H groups in total. The number of benzene rings is 1. The summed E-state index contributed by atoms with van der Waals surface area (Å²) in [5.41, 5.74) is 3.24. The lowest BCUT2D eigenvalue weighted by atomic mass is 9.78. The number of piperidine rings is 1. The van der Waals surface area contributed by atoms with Crippen molar-refractivity contribution in [1.82, 2.24) is 9.88 Å². The van der Waals surface area contributed by atoms with Crippen molar-refractivity contribution >= 4 is 11.7 Å². The Labute approximate surface area is 152 Å². The Balaban J connectivity index is 1.54. The van der Waals surface area contributed by atoms with E-state index in [-0.39, 0.29) is 24.0 Å². The van der Waals surface area contributed by atoms with Gasteiger partial charge in [0.1, 0.15) is 5.82 Å². The molecule has 0 unspecified atom stereocenters. The lowest BCUT2D eigenvalue weighted by Gasteiger charge is -2.55. The number of amides is 2. The van der Waals surface area contributed by atoms with Crippen LogP contribution in [-0.4, -0.2) is 41.2 Å². The maximum Gasteiger partial charge on any atom is 0.322 e. The van der Waals surface area contributed by atoms with E-state index in [0.29, 0.717) is 17.3 Å². The number of anilines is 1. The van der Waals surface area contributed by atoms with Gasteiger partial charge in [-0.3, -0.25) is 4.98 Å². The molecule has 2 amide bonds. The van der Waals surface area contributed by atoms with Gasteiger partial charge < -0.3 is 15.0 Å². The first kappa shape index (κ1) is 17.0. The maximum absolute atomic E-state index is 13.5. The minimum Gasteiger partial charge on any atom is -0.379 e. The first-order chi connectivity index (χ1) is 12.6. The topological polar surface area (TPSA) is 54.5 Å². The van der Waals surface area contributed by atoms with E-state index in [9.17, 15) is 9.18 Å². The standard InChI is InChI=1S/C20H22FN3O2/c1-12-3-4-15(8-17(12)13-7-14(21)11-22-10-13)23-20(25)24-16-5-6-19(26-2)18(24)9-16/h3-4,7-8,10-11,16,18-19H,5-6,9H2,1-2H3,(H,23,25)/t16-,18-,19-/m1/s1. The Morgan fingerprint density at radius 1 is 1.31 bits per heavy atom. The molecule has 2 saturated heterocycles. The van der Waals surface area contributed by atoms with Crippen molar-refractivity contribution in [3.05, 3.63) is 48.0 Å². The molecule has 6 heteroatoms. The summed E-state index contributed by atoms with van der Waals surface area (Å²) in [6.45, 7) is 1.95. The van der Waals surface area contributed by atoms with Crippen molar-refractivity contribution < 1.29 is 13.9 Å². The van der Waals surface area contributed by atoms with E-state index < -0.39 is 0 Å². The van der Waals surface area contributed by atoms with Crippen molar-refractivity contribution in [1.29, 1.82) is 0 Å². The van der Waals surface area contributed by atoms with Crippen LogP contribution in [0.3, 0.4) is 0 Å². The van der Waals surface area contributed by atoms with Gasteiger partial charge in [-0.05, 0) is 55.5 Å². The lowest BCUT2D eigenvalue weighted by molar-refractivity contribution is -0.0881. The number of aromatic nitrogens is 1. The van der Waals surface area contributed by atoms with E-state index in [1.165, 1.54) is 12.3 Å². The summed E-state index contributed by atoms with van der Waals surface area (Å²) in [7, 11) is 1.71. The van der Waals surface area contributed by atoms with E-state index in [1.807, 2.05) is 30.0 Å². The van der Waals surface area contributed by atoms with Gasteiger partial charge in [-0.2, -0.15) is 0 Å². The van der Waals surface area contributed by atoms with E-state index >= 15 is 0 Å². The molecule has 2 bridgehead atoms. The second-order valence-corrected chi connectivity index (χ2v) is 7.07. The number of aryl methyl sites for hydroxylation is 1. The zero-order chi connectivity index (χ0) is 18.3. The first-order valence-electron chi connectivity index (χ1n) is 8.90. The highest BCUT2D eigenvalue weighted by molar-refractivity contribution is 5.91. The van der Waals surface area contributed by atoms with Crippen LogP contribution < -0.4 is 5.32 Å². The van der Waals surface area contributed by atoms with Crippen LogP contribution in [0.2, 0.25) is 0 Å². The number of hydrogen-bond donors (Lipinski definition) is 1. The van der Waals surface area contributed by atoms with E-state index in [0.717, 1.165) is 30.4 Å². The predicted octanol–water partition coefficient (Wildman–Crippen LogP) is 3.98. The normalized spacial score (nSPS) is 24.1. The van der Waals surface area contributed by atoms with Gasteiger partial charge >= 0.3 is 6.03 Å². The molecule has 3 atom stereocenters. The molecule has 1 aromatic heterocycles. The lowest BCUT2D eigenvalue weighted by Crippen LogP contribution is -2.67. The van der Waals surface area contributed by atoms with E-state index in [1.54, 1.807) is 13.3 Å². The summed E-state index contributed by atoms with van der Waals surface area (Å²) in [5.74, 6) is -0.379. The van der Waals surface area contributed by atoms with Gasteiger partial charge in [0.2, 0.25) is 0 Å². The predicted molar refractivity (Wildman–Crippen MR) is 97.4 cm³/mol. The fraction of sp³-hybridized carbons (Fsp3) is 0.400. The molecule has 136 valence electrons. The number of ether oxygens (including phenoxy) is 1. The zero-order valence-electron chi connectivity index (χ0n) is 14.9. The molecule has 3 fully saturated rings. The molecule has 1 aliphatic carbocycles. The minimum atomic E-state index is -0.379. The number of methoxy groups -OCH3 is 1. The molecule has 5 nitrogen and oxygen atoms in total. The number of rotatable bonds is 3. The van der Waals surface area contributed by atoms with Gasteiger partial charge in [-0.25, -0.2) is 9.18 Å². The maximum atomic E-state index is 13.5. The number of nitrogens with one attached hydrogen (secondary N) is 1. The van der Waals surface area contributed by atoms with Crippen molar-refractivity contribution in [3.8, 4) is 11.1 Å². The second kappa shape index (κ2) is 6.68. The highest BCUT2D eigenvalue weighted by atomic mass is 19.1. The van der Waals surface area contributed by atoms with Crippen molar-refractivity contribution in [2.45, 2.75) is 44.4 Å². The molecule has 1 saturated carbocycles. The molecular formula is C20H22FN3O2. The molecule has 2 aromatic rings. The summed E-state index contributed by atoms with van der Waals surface area (Å²) in [6, 6.07) is 7.48. The van der Waals surface area contributed by atoms with Gasteiger partial charge in [0, 0.05) is 30.6 Å². The van der Waals surface area contributed by atoms with Crippen molar-refractivity contribution in [3.63, 3.8) is 0 Å². The van der Waals surface area contributed by atoms with Crippen LogP contribution in [0.15, 0.2) is 36.7 Å². The quantitative estimate of drug-likeness (QED) is 0.906. The Bertz CT molecular complexity index is 840. The molecule has 5 rings (SSSR count). The third kappa shape index (κ3) is 2.94. The van der Waals surface area contributed by atoms with Crippen LogP contribution in [-0.2, 0) is 4.74 Å². The summed E-state index contributed by atoms with van der Waals surface area (Å²) in [4.78, 5) is 18.6. The first-order valence-corrected chi connectivity index (χ1v) is 8.90. The van der Waals surface area contributed by atoms with Crippen LogP contribution in [0.25, 0.3) is 11.1 Å². The van der Waals surface area contributed by atoms with Crippen molar-refractivity contribution in [2.75, 3.05) is 12.4 Å². The highest BCUT2D eigenvalue weighted by Gasteiger charge is 2.49. The third-order valence-electron chi connectivity index (χ3n) is 5.52. The minimum absolute atomic E-state index is 0.0971. The fourth-order valence-corrected chi connectivity index (χ4v) is 4.12.